The van der Waals surface area contributed by atoms with Crippen LogP contribution in [0, 0.1) is 0 Å². The minimum absolute atomic E-state index is 0.0975. The lowest BCUT2D eigenvalue weighted by molar-refractivity contribution is 0.581. The Kier molecular flexibility index (Phi) is 1.63. The monoisotopic (exact) mass is 177 g/mol. The van der Waals surface area contributed by atoms with Crippen molar-refractivity contribution < 1.29 is 4.42 Å². The first kappa shape index (κ1) is 7.60. The number of nitrogens with one attached hydrogen (secondary N) is 1. The molecule has 0 unspecified atom stereocenters. The summed E-state index contributed by atoms with van der Waals surface area (Å²) in [7, 11) is 0. The fraction of sp³-hybridized carbons (Fsp3) is 0. The molecule has 5 nitrogen and oxygen atoms in total. The van der Waals surface area contributed by atoms with Gasteiger partial charge in [0.2, 0.25) is 0 Å². The van der Waals surface area contributed by atoms with Gasteiger partial charge in [0.05, 0.1) is 6.26 Å². The third kappa shape index (κ3) is 1.31. The summed E-state index contributed by atoms with van der Waals surface area (Å²) in [4.78, 5) is 17.4. The van der Waals surface area contributed by atoms with E-state index in [-0.39, 0.29) is 11.5 Å². The second-order valence-corrected chi connectivity index (χ2v) is 2.49. The maximum atomic E-state index is 11.3. The minimum Gasteiger partial charge on any atom is -0.464 e. The number of hydrogen-bond donors (Lipinski definition) is 2. The molecule has 2 aromatic heterocycles. The summed E-state index contributed by atoms with van der Waals surface area (Å²) in [6.07, 6.45) is 2.87. The number of anilines is 1. The van der Waals surface area contributed by atoms with Crippen LogP contribution in [0.1, 0.15) is 0 Å². The summed E-state index contributed by atoms with van der Waals surface area (Å²) >= 11 is 0. The maximum absolute atomic E-state index is 11.3. The van der Waals surface area contributed by atoms with Crippen molar-refractivity contribution >= 4 is 5.95 Å². The van der Waals surface area contributed by atoms with Crippen LogP contribution in [0.3, 0.4) is 0 Å². The molecule has 0 bridgehead atoms. The van der Waals surface area contributed by atoms with Crippen molar-refractivity contribution in [3.05, 3.63) is 34.9 Å². The third-order valence-corrected chi connectivity index (χ3v) is 1.61. The first-order chi connectivity index (χ1) is 6.27. The molecule has 2 rings (SSSR count). The molecule has 5 heteroatoms. The van der Waals surface area contributed by atoms with Crippen molar-refractivity contribution in [1.82, 2.24) is 9.97 Å². The van der Waals surface area contributed by atoms with Gasteiger partial charge in [-0.05, 0) is 12.1 Å². The van der Waals surface area contributed by atoms with E-state index in [2.05, 4.69) is 9.97 Å². The van der Waals surface area contributed by atoms with Crippen molar-refractivity contribution in [3.8, 4) is 11.3 Å². The molecule has 0 saturated carbocycles. The van der Waals surface area contributed by atoms with Crippen LogP contribution < -0.4 is 11.3 Å². The number of furan rings is 1. The number of nitrogens with zero attached hydrogens (tertiary/aromatic N) is 1. The fourth-order valence-corrected chi connectivity index (χ4v) is 1.02. The largest absolute Gasteiger partial charge is 0.464 e. The highest BCUT2D eigenvalue weighted by molar-refractivity contribution is 5.54. The molecule has 0 atom stereocenters. The minimum atomic E-state index is -0.303. The average molecular weight is 177 g/mol. The quantitative estimate of drug-likeness (QED) is 0.668. The number of H-pyrrole nitrogens is 1. The van der Waals surface area contributed by atoms with Crippen molar-refractivity contribution in [2.24, 2.45) is 0 Å². The molecule has 13 heavy (non-hydrogen) atoms. The van der Waals surface area contributed by atoms with E-state index in [1.807, 2.05) is 0 Å². The normalized spacial score (nSPS) is 10.2. The SMILES string of the molecule is Nc1ncc(-c2ccco2)c(=O)[nH]1. The summed E-state index contributed by atoms with van der Waals surface area (Å²) in [5.74, 6) is 0.578. The van der Waals surface area contributed by atoms with Gasteiger partial charge in [0.25, 0.3) is 5.56 Å². The van der Waals surface area contributed by atoms with E-state index in [1.54, 1.807) is 12.1 Å². The van der Waals surface area contributed by atoms with Gasteiger partial charge < -0.3 is 10.2 Å². The summed E-state index contributed by atoms with van der Waals surface area (Å²) in [6, 6.07) is 3.38. The number of rotatable bonds is 1. The number of hydrogen-bond acceptors (Lipinski definition) is 4. The Hall–Kier alpha value is -2.04. The molecule has 0 amide bonds. The average Bonchev–Trinajstić information content (AvgIpc) is 2.56. The highest BCUT2D eigenvalue weighted by Crippen LogP contribution is 2.13. The molecule has 2 heterocycles. The zero-order valence-corrected chi connectivity index (χ0v) is 6.65. The van der Waals surface area contributed by atoms with E-state index in [4.69, 9.17) is 10.2 Å². The van der Waals surface area contributed by atoms with Gasteiger partial charge in [-0.3, -0.25) is 9.78 Å². The highest BCUT2D eigenvalue weighted by atomic mass is 16.3. The van der Waals surface area contributed by atoms with Crippen LogP contribution >= 0.6 is 0 Å². The van der Waals surface area contributed by atoms with E-state index >= 15 is 0 Å². The lowest BCUT2D eigenvalue weighted by Crippen LogP contribution is -2.12. The number of aromatic amines is 1. The smallest absolute Gasteiger partial charge is 0.263 e. The second kappa shape index (κ2) is 2.78. The van der Waals surface area contributed by atoms with E-state index in [9.17, 15) is 4.79 Å². The van der Waals surface area contributed by atoms with Gasteiger partial charge in [-0.15, -0.1) is 0 Å². The van der Waals surface area contributed by atoms with Crippen LogP contribution in [0.2, 0.25) is 0 Å². The Morgan fingerprint density at radius 2 is 2.38 bits per heavy atom. The Labute approximate surface area is 73.2 Å². The first-order valence-electron chi connectivity index (χ1n) is 3.66. The number of nitrogen functional groups attached to an aromatic ring is 1. The molecule has 0 aliphatic rings. The predicted octanol–water partition coefficient (Wildman–Crippen LogP) is 0.612. The van der Waals surface area contributed by atoms with Crippen LogP contribution in [0.25, 0.3) is 11.3 Å². The molecule has 2 aromatic rings. The lowest BCUT2D eigenvalue weighted by atomic mass is 10.2. The standard InChI is InChI=1S/C8H7N3O2/c9-8-10-4-5(7(12)11-8)6-2-1-3-13-6/h1-4H,(H3,9,10,11,12). The van der Waals surface area contributed by atoms with Crippen LogP contribution in [-0.2, 0) is 0 Å². The zero-order chi connectivity index (χ0) is 9.26. The van der Waals surface area contributed by atoms with Crippen molar-refractivity contribution in [2.75, 3.05) is 5.73 Å². The molecule has 66 valence electrons. The van der Waals surface area contributed by atoms with Crippen LogP contribution in [0.15, 0.2) is 33.8 Å². The van der Waals surface area contributed by atoms with Gasteiger partial charge >= 0.3 is 0 Å². The topological polar surface area (TPSA) is 84.9 Å². The van der Waals surface area contributed by atoms with E-state index in [1.165, 1.54) is 12.5 Å². The van der Waals surface area contributed by atoms with Gasteiger partial charge in [-0.25, -0.2) is 4.98 Å². The first-order valence-corrected chi connectivity index (χ1v) is 3.66. The lowest BCUT2D eigenvalue weighted by Gasteiger charge is -1.95. The molecule has 0 aromatic carbocycles. The van der Waals surface area contributed by atoms with Gasteiger partial charge in [-0.2, -0.15) is 0 Å². The summed E-state index contributed by atoms with van der Waals surface area (Å²) in [5.41, 5.74) is 5.35. The van der Waals surface area contributed by atoms with Gasteiger partial charge in [0.15, 0.2) is 5.95 Å². The fourth-order valence-electron chi connectivity index (χ4n) is 1.02. The van der Waals surface area contributed by atoms with Crippen LogP contribution in [0.5, 0.6) is 0 Å². The Balaban J connectivity index is 2.60. The molecule has 0 radical (unpaired) electrons. The Morgan fingerprint density at radius 1 is 1.54 bits per heavy atom. The second-order valence-electron chi connectivity index (χ2n) is 2.49. The molecular formula is C8H7N3O2. The summed E-state index contributed by atoms with van der Waals surface area (Å²) in [5, 5.41) is 0. The van der Waals surface area contributed by atoms with Crippen molar-refractivity contribution in [1.29, 1.82) is 0 Å². The Morgan fingerprint density at radius 3 is 3.00 bits per heavy atom. The van der Waals surface area contributed by atoms with Gasteiger partial charge in [-0.1, -0.05) is 0 Å². The van der Waals surface area contributed by atoms with Crippen LogP contribution in [0.4, 0.5) is 5.95 Å². The third-order valence-electron chi connectivity index (χ3n) is 1.61. The van der Waals surface area contributed by atoms with Crippen LogP contribution in [-0.4, -0.2) is 9.97 Å². The molecule has 3 N–H and O–H groups in total. The highest BCUT2D eigenvalue weighted by Gasteiger charge is 2.05. The number of aromatic nitrogens is 2. The molecule has 0 aliphatic heterocycles. The Bertz CT molecular complexity index is 458. The van der Waals surface area contributed by atoms with E-state index < -0.39 is 0 Å². The maximum Gasteiger partial charge on any atom is 0.263 e. The summed E-state index contributed by atoms with van der Waals surface area (Å²) in [6.45, 7) is 0. The molecular weight excluding hydrogens is 170 g/mol. The molecule has 0 saturated heterocycles. The predicted molar refractivity (Wildman–Crippen MR) is 47.0 cm³/mol. The number of nitrogens with two attached hydrogens (primary N) is 1. The zero-order valence-electron chi connectivity index (χ0n) is 6.65. The van der Waals surface area contributed by atoms with E-state index in [0.717, 1.165) is 0 Å². The van der Waals surface area contributed by atoms with Crippen molar-refractivity contribution in [3.63, 3.8) is 0 Å². The van der Waals surface area contributed by atoms with Gasteiger partial charge in [0, 0.05) is 6.20 Å². The molecule has 0 fully saturated rings. The molecule has 0 aliphatic carbocycles. The van der Waals surface area contributed by atoms with Crippen molar-refractivity contribution in [2.45, 2.75) is 0 Å². The van der Waals surface area contributed by atoms with Gasteiger partial charge in [0.1, 0.15) is 11.3 Å². The summed E-state index contributed by atoms with van der Waals surface area (Å²) < 4.78 is 5.04. The molecule has 0 spiro atoms. The van der Waals surface area contributed by atoms with E-state index in [0.29, 0.717) is 11.3 Å².